The van der Waals surface area contributed by atoms with Gasteiger partial charge >= 0.3 is 0 Å². The molecule has 4 nitrogen and oxygen atoms in total. The molecule has 122 valence electrons. The van der Waals surface area contributed by atoms with Crippen molar-refractivity contribution in [2.24, 2.45) is 5.92 Å². The van der Waals surface area contributed by atoms with Gasteiger partial charge < -0.3 is 5.11 Å². The zero-order valence-corrected chi connectivity index (χ0v) is 13.7. The number of benzene rings is 2. The molecule has 1 saturated heterocycles. The molecule has 1 aliphatic rings. The maximum atomic E-state index is 12.5. The summed E-state index contributed by atoms with van der Waals surface area (Å²) < 4.78 is 25.0. The van der Waals surface area contributed by atoms with Gasteiger partial charge in [0, 0.05) is 19.0 Å². The van der Waals surface area contributed by atoms with Crippen LogP contribution in [0.3, 0.4) is 0 Å². The van der Waals surface area contributed by atoms with Crippen LogP contribution in [0.2, 0.25) is 0 Å². The van der Waals surface area contributed by atoms with Crippen LogP contribution in [0, 0.1) is 5.92 Å². The highest BCUT2D eigenvalue weighted by atomic mass is 32.2. The van der Waals surface area contributed by atoms with Crippen LogP contribution in [0.4, 0.5) is 0 Å². The molecular weight excluding hydrogens is 310 g/mol. The molecule has 5 heteroatoms. The molecule has 0 radical (unpaired) electrons. The third kappa shape index (κ3) is 3.63. The third-order valence-corrected chi connectivity index (χ3v) is 6.30. The van der Waals surface area contributed by atoms with Gasteiger partial charge in [0.15, 0.2) is 5.44 Å². The molecule has 0 aromatic heterocycles. The third-order valence-electron chi connectivity index (χ3n) is 4.35. The molecule has 23 heavy (non-hydrogen) atoms. The Morgan fingerprint density at radius 3 is 2.30 bits per heavy atom. The Morgan fingerprint density at radius 1 is 1.04 bits per heavy atom. The van der Waals surface area contributed by atoms with Crippen LogP contribution in [0.1, 0.15) is 12.0 Å². The minimum atomic E-state index is -3.69. The number of hydrogen-bond donors (Lipinski definition) is 1. The van der Waals surface area contributed by atoms with E-state index in [9.17, 15) is 13.5 Å². The van der Waals surface area contributed by atoms with Gasteiger partial charge in [-0.05, 0) is 30.7 Å². The fourth-order valence-electron chi connectivity index (χ4n) is 3.08. The van der Waals surface area contributed by atoms with Crippen molar-refractivity contribution in [3.05, 3.63) is 66.2 Å². The second kappa shape index (κ2) is 6.83. The van der Waals surface area contributed by atoms with Crippen LogP contribution in [0.25, 0.3) is 0 Å². The average Bonchev–Trinajstić information content (AvgIpc) is 3.04. The monoisotopic (exact) mass is 331 g/mol. The van der Waals surface area contributed by atoms with Gasteiger partial charge in [-0.15, -0.1) is 0 Å². The van der Waals surface area contributed by atoms with E-state index in [0.717, 1.165) is 13.1 Å². The van der Waals surface area contributed by atoms with E-state index >= 15 is 0 Å². The van der Waals surface area contributed by atoms with E-state index in [4.69, 9.17) is 0 Å². The highest BCUT2D eigenvalue weighted by Crippen LogP contribution is 2.27. The first-order valence-electron chi connectivity index (χ1n) is 7.80. The zero-order valence-electron chi connectivity index (χ0n) is 12.9. The van der Waals surface area contributed by atoms with E-state index < -0.39 is 15.3 Å². The number of aliphatic hydroxyl groups is 1. The maximum Gasteiger partial charge on any atom is 0.205 e. The van der Waals surface area contributed by atoms with Gasteiger partial charge in [-0.2, -0.15) is 0 Å². The lowest BCUT2D eigenvalue weighted by Gasteiger charge is -2.20. The minimum absolute atomic E-state index is 0.189. The molecule has 0 amide bonds. The fraction of sp³-hybridized carbons (Fsp3) is 0.333. The van der Waals surface area contributed by atoms with Gasteiger partial charge in [0.1, 0.15) is 0 Å². The predicted octanol–water partition coefficient (Wildman–Crippen LogP) is 2.30. The average molecular weight is 331 g/mol. The molecule has 1 aliphatic heterocycles. The van der Waals surface area contributed by atoms with Crippen LogP contribution in [0.15, 0.2) is 65.6 Å². The van der Waals surface area contributed by atoms with Gasteiger partial charge in [0.25, 0.3) is 0 Å². The Labute approximate surface area is 137 Å². The van der Waals surface area contributed by atoms with Crippen molar-refractivity contribution >= 4 is 9.84 Å². The van der Waals surface area contributed by atoms with Gasteiger partial charge in [0.05, 0.1) is 4.90 Å². The van der Waals surface area contributed by atoms with Gasteiger partial charge in [-0.25, -0.2) is 8.42 Å². The van der Waals surface area contributed by atoms with Crippen LogP contribution in [-0.2, 0) is 16.4 Å². The van der Waals surface area contributed by atoms with Crippen LogP contribution < -0.4 is 0 Å². The normalized spacial score (nSPS) is 20.5. The summed E-state index contributed by atoms with van der Waals surface area (Å²) in [4.78, 5) is 2.39. The second-order valence-electron chi connectivity index (χ2n) is 6.02. The van der Waals surface area contributed by atoms with Crippen molar-refractivity contribution in [3.63, 3.8) is 0 Å². The quantitative estimate of drug-likeness (QED) is 0.913. The summed E-state index contributed by atoms with van der Waals surface area (Å²) in [6.07, 6.45) is 0.695. The van der Waals surface area contributed by atoms with E-state index in [-0.39, 0.29) is 10.8 Å². The number of sulfone groups is 1. The van der Waals surface area contributed by atoms with Crippen LogP contribution >= 0.6 is 0 Å². The Hall–Kier alpha value is -1.69. The lowest BCUT2D eigenvalue weighted by Crippen LogP contribution is -2.32. The maximum absolute atomic E-state index is 12.5. The fourth-order valence-corrected chi connectivity index (χ4v) is 4.63. The van der Waals surface area contributed by atoms with E-state index in [2.05, 4.69) is 17.0 Å². The highest BCUT2D eigenvalue weighted by molar-refractivity contribution is 7.91. The summed E-state index contributed by atoms with van der Waals surface area (Å²) in [7, 11) is -3.69. The van der Waals surface area contributed by atoms with Crippen molar-refractivity contribution in [2.75, 3.05) is 13.1 Å². The summed E-state index contributed by atoms with van der Waals surface area (Å²) in [5, 5.41) is 10.4. The SMILES string of the molecule is O=S(=O)(c1ccccc1)C(O)C1CCN(Cc2ccccc2)C1. The molecule has 0 bridgehead atoms. The Kier molecular flexibility index (Phi) is 4.80. The minimum Gasteiger partial charge on any atom is -0.376 e. The lowest BCUT2D eigenvalue weighted by molar-refractivity contribution is 0.177. The summed E-state index contributed by atoms with van der Waals surface area (Å²) in [6, 6.07) is 18.3. The van der Waals surface area contributed by atoms with Crippen LogP contribution in [0.5, 0.6) is 0 Å². The van der Waals surface area contributed by atoms with Crippen molar-refractivity contribution in [2.45, 2.75) is 23.3 Å². The number of rotatable bonds is 5. The lowest BCUT2D eigenvalue weighted by atomic mass is 10.1. The Balaban J connectivity index is 1.67. The molecule has 3 rings (SSSR count). The van der Waals surface area contributed by atoms with E-state index in [1.54, 1.807) is 18.2 Å². The van der Waals surface area contributed by atoms with Crippen molar-refractivity contribution in [3.8, 4) is 0 Å². The molecule has 1 fully saturated rings. The molecule has 2 aromatic rings. The van der Waals surface area contributed by atoms with E-state index in [1.165, 1.54) is 17.7 Å². The molecule has 2 atom stereocenters. The smallest absolute Gasteiger partial charge is 0.205 e. The highest BCUT2D eigenvalue weighted by Gasteiger charge is 2.36. The molecular formula is C18H21NO3S. The first-order chi connectivity index (χ1) is 11.1. The first-order valence-corrected chi connectivity index (χ1v) is 9.35. The van der Waals surface area contributed by atoms with Crippen molar-refractivity contribution < 1.29 is 13.5 Å². The summed E-state index contributed by atoms with van der Waals surface area (Å²) in [6.45, 7) is 2.19. The molecule has 0 saturated carbocycles. The van der Waals surface area contributed by atoms with E-state index in [1.807, 2.05) is 18.2 Å². The summed E-state index contributed by atoms with van der Waals surface area (Å²) >= 11 is 0. The molecule has 1 N–H and O–H groups in total. The zero-order chi connectivity index (χ0) is 16.3. The topological polar surface area (TPSA) is 57.6 Å². The largest absolute Gasteiger partial charge is 0.376 e. The number of likely N-dealkylation sites (tertiary alicyclic amines) is 1. The molecule has 2 aromatic carbocycles. The number of aliphatic hydroxyl groups excluding tert-OH is 1. The molecule has 2 unspecified atom stereocenters. The van der Waals surface area contributed by atoms with Crippen molar-refractivity contribution in [1.82, 2.24) is 4.90 Å². The Morgan fingerprint density at radius 2 is 1.65 bits per heavy atom. The summed E-state index contributed by atoms with van der Waals surface area (Å²) in [5.41, 5.74) is -0.140. The molecule has 0 spiro atoms. The predicted molar refractivity (Wildman–Crippen MR) is 89.5 cm³/mol. The molecule has 0 aliphatic carbocycles. The number of nitrogens with zero attached hydrogens (tertiary/aromatic N) is 1. The summed E-state index contributed by atoms with van der Waals surface area (Å²) in [5.74, 6) is -0.246. The van der Waals surface area contributed by atoms with E-state index in [0.29, 0.717) is 13.0 Å². The van der Waals surface area contributed by atoms with Crippen molar-refractivity contribution in [1.29, 1.82) is 0 Å². The number of hydrogen-bond acceptors (Lipinski definition) is 4. The standard InChI is InChI=1S/C18H21NO3S/c20-18(23(21,22)17-9-5-2-6-10-17)16-11-12-19(14-16)13-15-7-3-1-4-8-15/h1-10,16,18,20H,11-14H2. The van der Waals surface area contributed by atoms with Gasteiger partial charge in [0.2, 0.25) is 9.84 Å². The van der Waals surface area contributed by atoms with Crippen LogP contribution in [-0.4, -0.2) is 36.9 Å². The Bertz CT molecular complexity index is 731. The van der Waals surface area contributed by atoms with Gasteiger partial charge in [-0.3, -0.25) is 4.90 Å². The molecule has 1 heterocycles. The first kappa shape index (κ1) is 16.2. The van der Waals surface area contributed by atoms with Gasteiger partial charge in [-0.1, -0.05) is 48.5 Å². The second-order valence-corrected chi connectivity index (χ2v) is 8.06.